The van der Waals surface area contributed by atoms with Crippen molar-refractivity contribution in [2.75, 3.05) is 18.4 Å². The third-order valence-corrected chi connectivity index (χ3v) is 4.12. The number of anilines is 1. The molecular formula is C18H22N4. The molecule has 3 heterocycles. The molecule has 0 aliphatic carbocycles. The summed E-state index contributed by atoms with van der Waals surface area (Å²) in [5, 5.41) is 3.53. The van der Waals surface area contributed by atoms with Crippen molar-refractivity contribution in [3.05, 3.63) is 60.6 Å². The number of piperidine rings is 1. The molecule has 1 N–H and O–H groups in total. The van der Waals surface area contributed by atoms with Gasteiger partial charge in [-0.25, -0.2) is 4.98 Å². The second kappa shape index (κ2) is 7.18. The first-order valence-electron chi connectivity index (χ1n) is 7.80. The Morgan fingerprint density at radius 2 is 1.95 bits per heavy atom. The fourth-order valence-electron chi connectivity index (χ4n) is 2.80. The van der Waals surface area contributed by atoms with Crippen LogP contribution in [0.1, 0.15) is 24.0 Å². The summed E-state index contributed by atoms with van der Waals surface area (Å²) >= 11 is 0. The largest absolute Gasteiger partial charge is 0.367 e. The summed E-state index contributed by atoms with van der Waals surface area (Å²) in [6, 6.07) is 8.77. The van der Waals surface area contributed by atoms with Crippen LogP contribution < -0.4 is 5.32 Å². The van der Waals surface area contributed by atoms with Gasteiger partial charge in [0.15, 0.2) is 0 Å². The quantitative estimate of drug-likeness (QED) is 0.919. The molecule has 1 aliphatic rings. The average Bonchev–Trinajstić information content (AvgIpc) is 2.58. The standard InChI is InChI=1S/C18H22N4/c1-2-15-3-4-18(20-13-15)21-17-7-11-22(12-8-17)14-16-5-9-19-10-6-16/h2-6,9-10,13,17H,1,7-8,11-12,14H2,(H,20,21). The van der Waals surface area contributed by atoms with Gasteiger partial charge in [0.2, 0.25) is 0 Å². The zero-order valence-corrected chi connectivity index (χ0v) is 12.8. The summed E-state index contributed by atoms with van der Waals surface area (Å²) in [5.74, 6) is 0.957. The number of likely N-dealkylation sites (tertiary alicyclic amines) is 1. The first-order chi connectivity index (χ1) is 10.8. The molecule has 0 radical (unpaired) electrons. The first-order valence-corrected chi connectivity index (χ1v) is 7.80. The highest BCUT2D eigenvalue weighted by molar-refractivity contribution is 5.48. The van der Waals surface area contributed by atoms with Crippen molar-refractivity contribution in [1.82, 2.24) is 14.9 Å². The SMILES string of the molecule is C=Cc1ccc(NC2CCN(Cc3ccncc3)CC2)nc1. The van der Waals surface area contributed by atoms with Gasteiger partial charge in [-0.3, -0.25) is 9.88 Å². The molecule has 1 aliphatic heterocycles. The number of pyridine rings is 2. The molecule has 1 saturated heterocycles. The van der Waals surface area contributed by atoms with E-state index in [0.29, 0.717) is 6.04 Å². The van der Waals surface area contributed by atoms with Gasteiger partial charge in [0.25, 0.3) is 0 Å². The zero-order chi connectivity index (χ0) is 15.2. The van der Waals surface area contributed by atoms with E-state index in [1.54, 1.807) is 0 Å². The van der Waals surface area contributed by atoms with Crippen molar-refractivity contribution in [2.45, 2.75) is 25.4 Å². The minimum Gasteiger partial charge on any atom is -0.367 e. The fraction of sp³-hybridized carbons (Fsp3) is 0.333. The number of hydrogen-bond acceptors (Lipinski definition) is 4. The predicted molar refractivity (Wildman–Crippen MR) is 90.5 cm³/mol. The smallest absolute Gasteiger partial charge is 0.126 e. The Kier molecular flexibility index (Phi) is 4.81. The fourth-order valence-corrected chi connectivity index (χ4v) is 2.80. The van der Waals surface area contributed by atoms with Crippen LogP contribution in [0, 0.1) is 0 Å². The zero-order valence-electron chi connectivity index (χ0n) is 12.8. The second-order valence-corrected chi connectivity index (χ2v) is 5.73. The van der Waals surface area contributed by atoms with E-state index in [1.165, 1.54) is 5.56 Å². The van der Waals surface area contributed by atoms with E-state index in [0.717, 1.165) is 43.9 Å². The van der Waals surface area contributed by atoms with Crippen molar-refractivity contribution in [2.24, 2.45) is 0 Å². The van der Waals surface area contributed by atoms with Gasteiger partial charge in [-0.2, -0.15) is 0 Å². The van der Waals surface area contributed by atoms with Gasteiger partial charge in [-0.05, 0) is 48.2 Å². The summed E-state index contributed by atoms with van der Waals surface area (Å²) in [5.41, 5.74) is 2.39. The van der Waals surface area contributed by atoms with Gasteiger partial charge in [-0.15, -0.1) is 0 Å². The molecule has 0 aromatic carbocycles. The van der Waals surface area contributed by atoms with Crippen molar-refractivity contribution < 1.29 is 0 Å². The summed E-state index contributed by atoms with van der Waals surface area (Å²) in [6.07, 6.45) is 9.69. The maximum absolute atomic E-state index is 4.43. The third-order valence-electron chi connectivity index (χ3n) is 4.12. The van der Waals surface area contributed by atoms with Crippen LogP contribution in [0.3, 0.4) is 0 Å². The number of nitrogens with zero attached hydrogens (tertiary/aromatic N) is 3. The summed E-state index contributed by atoms with van der Waals surface area (Å²) in [4.78, 5) is 11.0. The summed E-state index contributed by atoms with van der Waals surface area (Å²) in [6.45, 7) is 7.00. The maximum Gasteiger partial charge on any atom is 0.126 e. The topological polar surface area (TPSA) is 41.0 Å². The number of rotatable bonds is 5. The van der Waals surface area contributed by atoms with E-state index < -0.39 is 0 Å². The van der Waals surface area contributed by atoms with Crippen molar-refractivity contribution in [3.8, 4) is 0 Å². The Bertz CT molecular complexity index is 586. The van der Waals surface area contributed by atoms with Crippen molar-refractivity contribution >= 4 is 11.9 Å². The normalized spacial score (nSPS) is 16.4. The second-order valence-electron chi connectivity index (χ2n) is 5.73. The number of nitrogens with one attached hydrogen (secondary N) is 1. The molecule has 0 saturated carbocycles. The highest BCUT2D eigenvalue weighted by atomic mass is 15.1. The van der Waals surface area contributed by atoms with E-state index in [9.17, 15) is 0 Å². The molecule has 0 spiro atoms. The average molecular weight is 294 g/mol. The third kappa shape index (κ3) is 3.92. The Labute approximate surface area is 131 Å². The van der Waals surface area contributed by atoms with E-state index >= 15 is 0 Å². The van der Waals surface area contributed by atoms with E-state index in [1.807, 2.05) is 36.8 Å². The first kappa shape index (κ1) is 14.7. The lowest BCUT2D eigenvalue weighted by Gasteiger charge is -2.32. The summed E-state index contributed by atoms with van der Waals surface area (Å²) in [7, 11) is 0. The van der Waals surface area contributed by atoms with Gasteiger partial charge in [0.05, 0.1) is 0 Å². The molecular weight excluding hydrogens is 272 g/mol. The molecule has 2 aromatic heterocycles. The van der Waals surface area contributed by atoms with Crippen LogP contribution in [0.2, 0.25) is 0 Å². The maximum atomic E-state index is 4.43. The molecule has 2 aromatic rings. The van der Waals surface area contributed by atoms with E-state index in [-0.39, 0.29) is 0 Å². The Balaban J connectivity index is 1.48. The van der Waals surface area contributed by atoms with Gasteiger partial charge < -0.3 is 5.32 Å². The van der Waals surface area contributed by atoms with E-state index in [2.05, 4.69) is 38.9 Å². The molecule has 4 nitrogen and oxygen atoms in total. The molecule has 0 atom stereocenters. The molecule has 22 heavy (non-hydrogen) atoms. The van der Waals surface area contributed by atoms with Crippen LogP contribution in [0.25, 0.3) is 6.08 Å². The van der Waals surface area contributed by atoms with Crippen LogP contribution >= 0.6 is 0 Å². The highest BCUT2D eigenvalue weighted by Crippen LogP contribution is 2.17. The minimum atomic E-state index is 0.510. The van der Waals surface area contributed by atoms with E-state index in [4.69, 9.17) is 0 Å². The Morgan fingerprint density at radius 1 is 1.18 bits per heavy atom. The monoisotopic (exact) mass is 294 g/mol. The predicted octanol–water partition coefficient (Wildman–Crippen LogP) is 3.20. The molecule has 3 rings (SSSR count). The van der Waals surface area contributed by atoms with Gasteiger partial charge >= 0.3 is 0 Å². The summed E-state index contributed by atoms with van der Waals surface area (Å²) < 4.78 is 0. The lowest BCUT2D eigenvalue weighted by molar-refractivity contribution is 0.211. The lowest BCUT2D eigenvalue weighted by atomic mass is 10.0. The van der Waals surface area contributed by atoms with Crippen LogP contribution in [-0.4, -0.2) is 34.0 Å². The number of aromatic nitrogens is 2. The molecule has 0 unspecified atom stereocenters. The van der Waals surface area contributed by atoms with Crippen LogP contribution in [0.5, 0.6) is 0 Å². The molecule has 0 bridgehead atoms. The number of hydrogen-bond donors (Lipinski definition) is 1. The molecule has 1 fully saturated rings. The Morgan fingerprint density at radius 3 is 2.59 bits per heavy atom. The molecule has 4 heteroatoms. The van der Waals surface area contributed by atoms with Gasteiger partial charge in [-0.1, -0.05) is 12.7 Å². The van der Waals surface area contributed by atoms with Crippen LogP contribution in [-0.2, 0) is 6.54 Å². The van der Waals surface area contributed by atoms with Crippen molar-refractivity contribution in [1.29, 1.82) is 0 Å². The van der Waals surface area contributed by atoms with Gasteiger partial charge in [0, 0.05) is 44.3 Å². The van der Waals surface area contributed by atoms with Crippen molar-refractivity contribution in [3.63, 3.8) is 0 Å². The van der Waals surface area contributed by atoms with Gasteiger partial charge in [0.1, 0.15) is 5.82 Å². The van der Waals surface area contributed by atoms with Crippen LogP contribution in [0.4, 0.5) is 5.82 Å². The van der Waals surface area contributed by atoms with Crippen LogP contribution in [0.15, 0.2) is 49.4 Å². The molecule has 0 amide bonds. The molecule has 114 valence electrons. The Hall–Kier alpha value is -2.20. The highest BCUT2D eigenvalue weighted by Gasteiger charge is 2.19. The lowest BCUT2D eigenvalue weighted by Crippen LogP contribution is -2.38. The minimum absolute atomic E-state index is 0.510.